The molecule has 2 fully saturated rings. The van der Waals surface area contributed by atoms with Crippen molar-refractivity contribution in [3.05, 3.63) is 191 Å². The van der Waals surface area contributed by atoms with E-state index in [-0.39, 0.29) is 36.9 Å². The Kier molecular flexibility index (Phi) is 10.4. The fourth-order valence-corrected chi connectivity index (χ4v) is 9.33. The highest BCUT2D eigenvalue weighted by atomic mass is 16.6. The molecule has 2 aliphatic carbocycles. The van der Waals surface area contributed by atoms with Gasteiger partial charge in [0.2, 0.25) is 0 Å². The first kappa shape index (κ1) is 38.3. The molecule has 60 heavy (non-hydrogen) atoms. The van der Waals surface area contributed by atoms with Crippen LogP contribution in [0.1, 0.15) is 57.1 Å². The zero-order valence-electron chi connectivity index (χ0n) is 32.5. The summed E-state index contributed by atoms with van der Waals surface area (Å²) in [5, 5.41) is 19.3. The lowest BCUT2D eigenvalue weighted by Crippen LogP contribution is -2.61. The van der Waals surface area contributed by atoms with Crippen LogP contribution in [-0.4, -0.2) is 82.5 Å². The van der Waals surface area contributed by atoms with Crippen LogP contribution in [0, 0.1) is 0 Å². The van der Waals surface area contributed by atoms with E-state index >= 15 is 0 Å². The number of hydrogen-bond acceptors (Lipinski definition) is 6. The fourth-order valence-electron chi connectivity index (χ4n) is 9.33. The van der Waals surface area contributed by atoms with Crippen molar-refractivity contribution in [1.29, 1.82) is 0 Å². The van der Waals surface area contributed by atoms with E-state index in [4.69, 9.17) is 9.47 Å². The van der Waals surface area contributed by atoms with E-state index in [1.807, 2.05) is 109 Å². The average Bonchev–Trinajstić information content (AvgIpc) is 3.74. The maximum atomic E-state index is 12.7. The summed E-state index contributed by atoms with van der Waals surface area (Å²) >= 11 is 0. The number of carbonyl (C=O) groups excluding carboxylic acids is 2. The molecule has 0 spiro atoms. The molecule has 2 heterocycles. The molecule has 0 saturated carbocycles. The molecular formula is C50H42N2O8. The summed E-state index contributed by atoms with van der Waals surface area (Å²) in [6, 6.07) is 49.6. The Morgan fingerprint density at radius 2 is 0.717 bits per heavy atom. The van der Waals surface area contributed by atoms with Crippen LogP contribution in [0.3, 0.4) is 0 Å². The molecule has 10 rings (SSSR count). The third-order valence-electron chi connectivity index (χ3n) is 12.3. The number of nitrogens with zero attached hydrogens (tertiary/aromatic N) is 2. The lowest BCUT2D eigenvalue weighted by molar-refractivity contribution is -0.149. The summed E-state index contributed by atoms with van der Waals surface area (Å²) in [6.45, 7) is 1.06. The van der Waals surface area contributed by atoms with Gasteiger partial charge in [-0.05, 0) is 55.6 Å². The number of ether oxygens (including phenoxy) is 2. The van der Waals surface area contributed by atoms with Crippen LogP contribution >= 0.6 is 0 Å². The van der Waals surface area contributed by atoms with Crippen molar-refractivity contribution < 1.29 is 38.9 Å². The number of rotatable bonds is 8. The number of aliphatic carboxylic acids is 2. The second-order valence-electron chi connectivity index (χ2n) is 15.5. The number of likely N-dealkylation sites (tertiary alicyclic amines) is 2. The molecule has 0 radical (unpaired) electrons. The zero-order valence-corrected chi connectivity index (χ0v) is 32.5. The number of carboxylic acids is 2. The second-order valence-corrected chi connectivity index (χ2v) is 15.5. The van der Waals surface area contributed by atoms with Crippen molar-refractivity contribution in [1.82, 2.24) is 9.80 Å². The molecule has 300 valence electrons. The van der Waals surface area contributed by atoms with E-state index in [1.54, 1.807) is 0 Å². The largest absolute Gasteiger partial charge is 0.480 e. The van der Waals surface area contributed by atoms with E-state index in [2.05, 4.69) is 48.5 Å². The SMILES string of the molecule is O=C(O)[C@@H]1[C@@H](c2ccccc2)CN1C(=O)OCC1c2ccccc2-c2ccccc21.O=C(O)[C@H]1[C@H](c2ccccc2)CN1C(=O)OCC1c2ccccc2-c2ccccc21. The second kappa shape index (κ2) is 16.2. The van der Waals surface area contributed by atoms with E-state index < -0.39 is 36.2 Å². The minimum Gasteiger partial charge on any atom is -0.480 e. The number of hydrogen-bond donors (Lipinski definition) is 2. The maximum Gasteiger partial charge on any atom is 0.410 e. The standard InChI is InChI=1S/2C25H21NO4/c2*27-24(28)23-21(16-8-2-1-3-9-16)14-26(23)25(29)30-15-22-19-12-6-4-10-17(19)18-11-5-7-13-20(18)22/h2*1-13,21-23H,14-15H2,(H,27,28)/t2*21-,23+/m10/s1. The molecule has 10 heteroatoms. The van der Waals surface area contributed by atoms with Gasteiger partial charge in [-0.1, -0.05) is 158 Å². The Bertz CT molecular complexity index is 2310. The van der Waals surface area contributed by atoms with Crippen molar-refractivity contribution in [2.75, 3.05) is 26.3 Å². The number of benzene rings is 6. The van der Waals surface area contributed by atoms with Crippen LogP contribution in [0.4, 0.5) is 9.59 Å². The smallest absolute Gasteiger partial charge is 0.410 e. The summed E-state index contributed by atoms with van der Waals surface area (Å²) in [5.74, 6) is -2.55. The Hall–Kier alpha value is -7.20. The molecule has 2 amide bonds. The Balaban J connectivity index is 0.000000154. The van der Waals surface area contributed by atoms with Crippen molar-refractivity contribution in [2.24, 2.45) is 0 Å². The van der Waals surface area contributed by atoms with Gasteiger partial charge in [0.25, 0.3) is 0 Å². The fraction of sp³-hybridized carbons (Fsp3) is 0.200. The van der Waals surface area contributed by atoms with Gasteiger partial charge in [-0.2, -0.15) is 0 Å². The molecule has 2 aliphatic heterocycles. The third-order valence-corrected chi connectivity index (χ3v) is 12.3. The van der Waals surface area contributed by atoms with Crippen LogP contribution in [0.25, 0.3) is 22.3 Å². The average molecular weight is 799 g/mol. The summed E-state index contributed by atoms with van der Waals surface area (Å²) in [4.78, 5) is 51.7. The Labute approximate surface area is 347 Å². The van der Waals surface area contributed by atoms with Crippen LogP contribution in [0.15, 0.2) is 158 Å². The maximum absolute atomic E-state index is 12.7. The Morgan fingerprint density at radius 3 is 1.02 bits per heavy atom. The van der Waals surface area contributed by atoms with Gasteiger partial charge in [-0.15, -0.1) is 0 Å². The molecule has 6 aromatic carbocycles. The van der Waals surface area contributed by atoms with Crippen LogP contribution in [0.2, 0.25) is 0 Å². The molecule has 4 aliphatic rings. The van der Waals surface area contributed by atoms with E-state index in [0.717, 1.165) is 55.6 Å². The van der Waals surface area contributed by atoms with Gasteiger partial charge in [0.05, 0.1) is 0 Å². The summed E-state index contributed by atoms with van der Waals surface area (Å²) in [5.41, 5.74) is 11.0. The molecule has 0 aromatic heterocycles. The topological polar surface area (TPSA) is 134 Å². The normalized spacial score (nSPS) is 19.5. The highest BCUT2D eigenvalue weighted by molar-refractivity contribution is 5.85. The van der Waals surface area contributed by atoms with E-state index in [1.165, 1.54) is 9.80 Å². The molecule has 2 saturated heterocycles. The van der Waals surface area contributed by atoms with E-state index in [0.29, 0.717) is 13.1 Å². The minimum atomic E-state index is -1.01. The molecule has 6 aromatic rings. The van der Waals surface area contributed by atoms with Crippen LogP contribution in [-0.2, 0) is 19.1 Å². The Morgan fingerprint density at radius 1 is 0.433 bits per heavy atom. The molecule has 4 atom stereocenters. The van der Waals surface area contributed by atoms with Gasteiger partial charge in [0.1, 0.15) is 25.3 Å². The van der Waals surface area contributed by atoms with Crippen LogP contribution < -0.4 is 0 Å². The molecule has 0 bridgehead atoms. The summed E-state index contributed by atoms with van der Waals surface area (Å²) < 4.78 is 11.3. The first-order chi connectivity index (χ1) is 29.3. The van der Waals surface area contributed by atoms with Gasteiger partial charge in [-0.25, -0.2) is 19.2 Å². The van der Waals surface area contributed by atoms with Gasteiger partial charge in [0, 0.05) is 36.8 Å². The predicted octanol–water partition coefficient (Wildman–Crippen LogP) is 8.98. The van der Waals surface area contributed by atoms with Gasteiger partial charge in [-0.3, -0.25) is 9.80 Å². The number of amides is 2. The number of carboxylic acid groups (broad SMARTS) is 2. The molecule has 0 unspecified atom stereocenters. The highest BCUT2D eigenvalue weighted by Crippen LogP contribution is 2.46. The minimum absolute atomic E-state index is 0.0455. The quantitative estimate of drug-likeness (QED) is 0.156. The lowest BCUT2D eigenvalue weighted by atomic mass is 9.83. The van der Waals surface area contributed by atoms with Crippen molar-refractivity contribution in [2.45, 2.75) is 35.8 Å². The van der Waals surface area contributed by atoms with Gasteiger partial charge in [0.15, 0.2) is 0 Å². The summed E-state index contributed by atoms with van der Waals surface area (Å²) in [6.07, 6.45) is -1.15. The van der Waals surface area contributed by atoms with Gasteiger partial charge >= 0.3 is 24.1 Å². The number of carbonyl (C=O) groups is 4. The third kappa shape index (κ3) is 6.93. The van der Waals surface area contributed by atoms with Crippen LogP contribution in [0.5, 0.6) is 0 Å². The lowest BCUT2D eigenvalue weighted by Gasteiger charge is -2.44. The molecule has 2 N–H and O–H groups in total. The van der Waals surface area contributed by atoms with Gasteiger partial charge < -0.3 is 19.7 Å². The van der Waals surface area contributed by atoms with E-state index in [9.17, 15) is 29.4 Å². The zero-order chi connectivity index (χ0) is 41.3. The summed E-state index contributed by atoms with van der Waals surface area (Å²) in [7, 11) is 0. The molecule has 10 nitrogen and oxygen atoms in total. The van der Waals surface area contributed by atoms with Crippen molar-refractivity contribution >= 4 is 24.1 Å². The van der Waals surface area contributed by atoms with Crippen molar-refractivity contribution in [3.63, 3.8) is 0 Å². The first-order valence-corrected chi connectivity index (χ1v) is 20.1. The predicted molar refractivity (Wildman–Crippen MR) is 225 cm³/mol. The number of fused-ring (bicyclic) bond motifs is 6. The molecular weight excluding hydrogens is 757 g/mol. The first-order valence-electron chi connectivity index (χ1n) is 20.1. The highest BCUT2D eigenvalue weighted by Gasteiger charge is 2.49. The monoisotopic (exact) mass is 798 g/mol. The van der Waals surface area contributed by atoms with Crippen molar-refractivity contribution in [3.8, 4) is 22.3 Å².